The van der Waals surface area contributed by atoms with Crippen LogP contribution in [0.5, 0.6) is 0 Å². The van der Waals surface area contributed by atoms with Crippen LogP contribution >= 0.6 is 28.8 Å². The third-order valence-electron chi connectivity index (χ3n) is 3.94. The molecule has 23 heavy (non-hydrogen) atoms. The normalized spacial score (nSPS) is 14.2. The Labute approximate surface area is 151 Å². The summed E-state index contributed by atoms with van der Waals surface area (Å²) in [5.41, 5.74) is -1.74. The van der Waals surface area contributed by atoms with E-state index in [-0.39, 0.29) is 7.61 Å². The first-order chi connectivity index (χ1) is 10.9. The van der Waals surface area contributed by atoms with Gasteiger partial charge in [-0.25, -0.2) is 0 Å². The van der Waals surface area contributed by atoms with Crippen LogP contribution in [0.3, 0.4) is 0 Å². The summed E-state index contributed by atoms with van der Waals surface area (Å²) in [7, 11) is -0.194. The molecular weight excluding hydrogens is 382 g/mol. The quantitative estimate of drug-likeness (QED) is 0.462. The summed E-state index contributed by atoms with van der Waals surface area (Å²) >= 11 is 4.39. The zero-order valence-corrected chi connectivity index (χ0v) is 18.1. The second-order valence-electron chi connectivity index (χ2n) is 7.06. The van der Waals surface area contributed by atoms with Gasteiger partial charge in [0.1, 0.15) is 0 Å². The van der Waals surface area contributed by atoms with Crippen molar-refractivity contribution in [1.82, 2.24) is 0 Å². The predicted molar refractivity (Wildman–Crippen MR) is 116 cm³/mol. The fourth-order valence-electron chi connectivity index (χ4n) is 3.05. The summed E-state index contributed by atoms with van der Waals surface area (Å²) in [5, 5.41) is 3.12. The molecule has 0 spiro atoms. The molecule has 0 saturated carbocycles. The van der Waals surface area contributed by atoms with Crippen LogP contribution in [0.1, 0.15) is 27.7 Å². The summed E-state index contributed by atoms with van der Waals surface area (Å²) in [6.07, 6.45) is 2.60. The zero-order chi connectivity index (χ0) is 16.9. The van der Waals surface area contributed by atoms with Crippen molar-refractivity contribution in [1.29, 1.82) is 0 Å². The molecule has 0 N–H and O–H groups in total. The van der Waals surface area contributed by atoms with Gasteiger partial charge in [0.15, 0.2) is 0 Å². The average Bonchev–Trinajstić information content (AvgIpc) is 2.53. The third kappa shape index (κ3) is 5.12. The van der Waals surface area contributed by atoms with E-state index in [9.17, 15) is 0 Å². The average molecular weight is 411 g/mol. The summed E-state index contributed by atoms with van der Waals surface area (Å²) in [4.78, 5) is 0. The second kappa shape index (κ2) is 8.75. The standard InChI is InChI=1S/C20H29BrP2/c1-17(2)15-22(19-11-7-5-8-12-19)23(21,16-18(3)4)20-13-9-6-10-14-20/h5-14,17-18,23H,15-16H2,1-4H3. The Balaban J connectivity index is 2.52. The Hall–Kier alpha value is -0.220. The SMILES string of the molecule is CC(C)CP(c1ccccc1)[PH](Br)(CC(C)C)c1ccccc1. The van der Waals surface area contributed by atoms with E-state index in [1.165, 1.54) is 12.3 Å². The summed E-state index contributed by atoms with van der Waals surface area (Å²) in [5.74, 6) is 1.43. The van der Waals surface area contributed by atoms with Gasteiger partial charge in [-0.15, -0.1) is 0 Å². The Morgan fingerprint density at radius 1 is 0.826 bits per heavy atom. The van der Waals surface area contributed by atoms with Gasteiger partial charge in [0.2, 0.25) is 0 Å². The van der Waals surface area contributed by atoms with Gasteiger partial charge in [0.05, 0.1) is 0 Å². The molecule has 2 aromatic carbocycles. The van der Waals surface area contributed by atoms with Crippen molar-refractivity contribution in [2.45, 2.75) is 27.7 Å². The summed E-state index contributed by atoms with van der Waals surface area (Å²) < 4.78 is 0. The Morgan fingerprint density at radius 3 is 1.83 bits per heavy atom. The summed E-state index contributed by atoms with van der Waals surface area (Å²) in [6, 6.07) is 22.5. The van der Waals surface area contributed by atoms with E-state index < -0.39 is 5.65 Å². The van der Waals surface area contributed by atoms with Crippen LogP contribution in [0, 0.1) is 11.8 Å². The third-order valence-corrected chi connectivity index (χ3v) is 20.8. The first kappa shape index (κ1) is 19.1. The first-order valence-corrected chi connectivity index (χ1v) is 15.3. The van der Waals surface area contributed by atoms with Gasteiger partial charge in [0, 0.05) is 0 Å². The Bertz CT molecular complexity index is 583. The maximum absolute atomic E-state index is 4.39. The molecule has 126 valence electrons. The van der Waals surface area contributed by atoms with E-state index in [1.807, 2.05) is 0 Å². The Kier molecular flexibility index (Phi) is 7.27. The Morgan fingerprint density at radius 2 is 1.35 bits per heavy atom. The fraction of sp³-hybridized carbons (Fsp3) is 0.400. The van der Waals surface area contributed by atoms with Gasteiger partial charge in [-0.1, -0.05) is 0 Å². The summed E-state index contributed by atoms with van der Waals surface area (Å²) in [6.45, 7) is 9.45. The molecule has 0 aliphatic heterocycles. The van der Waals surface area contributed by atoms with Crippen LogP contribution < -0.4 is 10.6 Å². The van der Waals surface area contributed by atoms with E-state index >= 15 is 0 Å². The van der Waals surface area contributed by atoms with Crippen molar-refractivity contribution >= 4 is 39.4 Å². The number of rotatable bonds is 7. The molecule has 1 unspecified atom stereocenters. The van der Waals surface area contributed by atoms with Crippen LogP contribution in [0.25, 0.3) is 0 Å². The van der Waals surface area contributed by atoms with Crippen molar-refractivity contribution in [2.75, 3.05) is 12.3 Å². The molecular formula is C20H29BrP2. The van der Waals surface area contributed by atoms with Gasteiger partial charge >= 0.3 is 152 Å². The minimum atomic E-state index is -1.74. The monoisotopic (exact) mass is 410 g/mol. The first-order valence-electron chi connectivity index (χ1n) is 8.50. The van der Waals surface area contributed by atoms with Crippen LogP contribution in [-0.4, -0.2) is 12.3 Å². The molecule has 3 heteroatoms. The van der Waals surface area contributed by atoms with Crippen LogP contribution in [0.2, 0.25) is 0 Å². The molecule has 0 aliphatic rings. The molecule has 1 atom stereocenters. The molecule has 0 aromatic heterocycles. The van der Waals surface area contributed by atoms with E-state index in [1.54, 1.807) is 10.6 Å². The topological polar surface area (TPSA) is 0 Å². The van der Waals surface area contributed by atoms with Crippen LogP contribution in [0.15, 0.2) is 60.7 Å². The number of hydrogen-bond donors (Lipinski definition) is 0. The molecule has 0 fully saturated rings. The number of benzene rings is 2. The van der Waals surface area contributed by atoms with Gasteiger partial charge < -0.3 is 0 Å². The van der Waals surface area contributed by atoms with E-state index in [0.717, 1.165) is 5.92 Å². The fourth-order valence-corrected chi connectivity index (χ4v) is 20.4. The van der Waals surface area contributed by atoms with Crippen molar-refractivity contribution in [3.63, 3.8) is 0 Å². The van der Waals surface area contributed by atoms with Gasteiger partial charge in [0.25, 0.3) is 0 Å². The zero-order valence-electron chi connectivity index (χ0n) is 14.7. The molecule has 0 nitrogen and oxygen atoms in total. The van der Waals surface area contributed by atoms with E-state index in [0.29, 0.717) is 5.92 Å². The molecule has 0 amide bonds. The van der Waals surface area contributed by atoms with Crippen molar-refractivity contribution < 1.29 is 0 Å². The molecule has 2 aromatic rings. The second-order valence-corrected chi connectivity index (χ2v) is 21.1. The predicted octanol–water partition coefficient (Wildman–Crippen LogP) is 6.41. The van der Waals surface area contributed by atoms with Crippen molar-refractivity contribution in [2.24, 2.45) is 11.8 Å². The molecule has 0 radical (unpaired) electrons. The molecule has 0 saturated heterocycles. The van der Waals surface area contributed by atoms with Crippen LogP contribution in [0.4, 0.5) is 0 Å². The van der Waals surface area contributed by atoms with Gasteiger partial charge in [-0.3, -0.25) is 0 Å². The van der Waals surface area contributed by atoms with Gasteiger partial charge in [-0.05, 0) is 0 Å². The van der Waals surface area contributed by atoms with Crippen molar-refractivity contribution in [3.05, 3.63) is 60.7 Å². The molecule has 2 rings (SSSR count). The molecule has 0 heterocycles. The van der Waals surface area contributed by atoms with E-state index in [2.05, 4.69) is 104 Å². The molecule has 0 bridgehead atoms. The van der Waals surface area contributed by atoms with Crippen molar-refractivity contribution in [3.8, 4) is 0 Å². The number of hydrogen-bond acceptors (Lipinski definition) is 0. The van der Waals surface area contributed by atoms with Gasteiger partial charge in [-0.2, -0.15) is 0 Å². The molecule has 0 aliphatic carbocycles. The van der Waals surface area contributed by atoms with Crippen LogP contribution in [-0.2, 0) is 0 Å². The maximum atomic E-state index is 4.39. The van der Waals surface area contributed by atoms with E-state index in [4.69, 9.17) is 0 Å². The number of halogens is 1. The minimum absolute atomic E-state index is 0.194.